The van der Waals surface area contributed by atoms with Crippen LogP contribution in [-0.4, -0.2) is 62.3 Å². The second-order valence-corrected chi connectivity index (χ2v) is 10.1. The van der Waals surface area contributed by atoms with Crippen LogP contribution in [0.25, 0.3) is 0 Å². The van der Waals surface area contributed by atoms with E-state index in [4.69, 9.17) is 4.74 Å². The molecule has 1 aliphatic heterocycles. The van der Waals surface area contributed by atoms with Crippen LogP contribution < -0.4 is 5.32 Å². The molecular formula is C25H52N2OS. The summed E-state index contributed by atoms with van der Waals surface area (Å²) in [7, 11) is 1.88. The Balaban J connectivity index is 1.77. The summed E-state index contributed by atoms with van der Waals surface area (Å²) in [5.41, 5.74) is 0. The van der Waals surface area contributed by atoms with Crippen LogP contribution in [-0.2, 0) is 4.74 Å². The van der Waals surface area contributed by atoms with E-state index >= 15 is 0 Å². The molecule has 0 radical (unpaired) electrons. The molecule has 29 heavy (non-hydrogen) atoms. The van der Waals surface area contributed by atoms with Gasteiger partial charge in [0, 0.05) is 45.6 Å². The van der Waals surface area contributed by atoms with Crippen molar-refractivity contribution in [2.45, 2.75) is 109 Å². The zero-order chi connectivity index (χ0) is 20.8. The average Bonchev–Trinajstić information content (AvgIpc) is 2.76. The van der Waals surface area contributed by atoms with Crippen molar-refractivity contribution in [2.24, 2.45) is 0 Å². The van der Waals surface area contributed by atoms with E-state index in [2.05, 4.69) is 28.9 Å². The summed E-state index contributed by atoms with van der Waals surface area (Å²) in [5.74, 6) is 2.48. The molecule has 0 aromatic carbocycles. The lowest BCUT2D eigenvalue weighted by molar-refractivity contribution is 0.0984. The van der Waals surface area contributed by atoms with Gasteiger partial charge >= 0.3 is 0 Å². The van der Waals surface area contributed by atoms with Crippen LogP contribution in [0.15, 0.2) is 0 Å². The van der Waals surface area contributed by atoms with Crippen LogP contribution in [0.2, 0.25) is 0 Å². The Morgan fingerprint density at radius 3 is 1.83 bits per heavy atom. The third-order valence-corrected chi connectivity index (χ3v) is 7.44. The Labute approximate surface area is 187 Å². The highest BCUT2D eigenvalue weighted by molar-refractivity contribution is 7.99. The number of unbranched alkanes of at least 4 members (excludes halogenated alkanes) is 13. The molecule has 1 unspecified atom stereocenters. The number of rotatable bonds is 21. The number of hydrogen-bond donors (Lipinski definition) is 1. The number of methoxy groups -OCH3 is 1. The van der Waals surface area contributed by atoms with Crippen molar-refractivity contribution in [3.8, 4) is 0 Å². The van der Waals surface area contributed by atoms with Gasteiger partial charge in [0.25, 0.3) is 0 Å². The van der Waals surface area contributed by atoms with Crippen molar-refractivity contribution in [1.29, 1.82) is 0 Å². The minimum atomic E-state index is 0.432. The predicted octanol–water partition coefficient (Wildman–Crippen LogP) is 6.51. The minimum Gasteiger partial charge on any atom is -0.381 e. The number of ether oxygens (including phenoxy) is 1. The maximum Gasteiger partial charge on any atom is 0.0673 e. The molecule has 0 spiro atoms. The summed E-state index contributed by atoms with van der Waals surface area (Å²) in [6, 6.07) is 0. The molecule has 4 heteroatoms. The van der Waals surface area contributed by atoms with Crippen LogP contribution in [0.1, 0.15) is 103 Å². The zero-order valence-corrected chi connectivity index (χ0v) is 20.7. The lowest BCUT2D eigenvalue weighted by Gasteiger charge is -2.28. The Bertz CT molecular complexity index is 324. The smallest absolute Gasteiger partial charge is 0.0673 e. The first-order valence-electron chi connectivity index (χ1n) is 12.9. The van der Waals surface area contributed by atoms with Crippen molar-refractivity contribution < 1.29 is 4.74 Å². The van der Waals surface area contributed by atoms with Gasteiger partial charge in [0.2, 0.25) is 0 Å². The van der Waals surface area contributed by atoms with Crippen LogP contribution >= 0.6 is 11.8 Å². The van der Waals surface area contributed by atoms with Gasteiger partial charge in [-0.3, -0.25) is 0 Å². The fraction of sp³-hybridized carbons (Fsp3) is 1.00. The molecule has 174 valence electrons. The van der Waals surface area contributed by atoms with Crippen LogP contribution in [0.5, 0.6) is 0 Å². The first-order valence-corrected chi connectivity index (χ1v) is 14.1. The monoisotopic (exact) mass is 428 g/mol. The average molecular weight is 429 g/mol. The van der Waals surface area contributed by atoms with E-state index in [1.54, 1.807) is 0 Å². The maximum atomic E-state index is 5.70. The third-order valence-electron chi connectivity index (χ3n) is 6.26. The van der Waals surface area contributed by atoms with Gasteiger partial charge in [-0.15, -0.1) is 0 Å². The van der Waals surface area contributed by atoms with E-state index in [1.165, 1.54) is 127 Å². The maximum absolute atomic E-state index is 5.70. The molecule has 0 amide bonds. The number of nitrogens with one attached hydrogen (secondary N) is 1. The van der Waals surface area contributed by atoms with E-state index in [-0.39, 0.29) is 0 Å². The number of hydrogen-bond acceptors (Lipinski definition) is 4. The van der Waals surface area contributed by atoms with E-state index in [0.717, 1.165) is 13.1 Å². The fourth-order valence-corrected chi connectivity index (χ4v) is 5.28. The zero-order valence-electron chi connectivity index (χ0n) is 19.9. The van der Waals surface area contributed by atoms with Crippen LogP contribution in [0.3, 0.4) is 0 Å². The van der Waals surface area contributed by atoms with Crippen molar-refractivity contribution in [1.82, 2.24) is 10.2 Å². The van der Waals surface area contributed by atoms with Crippen molar-refractivity contribution in [3.63, 3.8) is 0 Å². The second kappa shape index (κ2) is 21.5. The molecular weight excluding hydrogens is 376 g/mol. The SMILES string of the molecule is CCCCCCCCCCCCCCCCSCC(CCN1CCNCC1)OC. The fourth-order valence-electron chi connectivity index (χ4n) is 4.14. The van der Waals surface area contributed by atoms with Gasteiger partial charge in [0.05, 0.1) is 6.10 Å². The summed E-state index contributed by atoms with van der Waals surface area (Å²) in [6.07, 6.45) is 21.8. The first-order chi connectivity index (χ1) is 14.4. The molecule has 0 aromatic rings. The van der Waals surface area contributed by atoms with E-state index in [0.29, 0.717) is 6.10 Å². The molecule has 1 saturated heterocycles. The largest absolute Gasteiger partial charge is 0.381 e. The molecule has 1 fully saturated rings. The van der Waals surface area contributed by atoms with Gasteiger partial charge in [-0.25, -0.2) is 0 Å². The number of nitrogens with zero attached hydrogens (tertiary/aromatic N) is 1. The second-order valence-electron chi connectivity index (χ2n) is 8.91. The third kappa shape index (κ3) is 17.6. The van der Waals surface area contributed by atoms with Gasteiger partial charge in [-0.2, -0.15) is 11.8 Å². The van der Waals surface area contributed by atoms with Gasteiger partial charge in [-0.05, 0) is 18.6 Å². The predicted molar refractivity (Wildman–Crippen MR) is 132 cm³/mol. The van der Waals surface area contributed by atoms with Gasteiger partial charge in [0.15, 0.2) is 0 Å². The van der Waals surface area contributed by atoms with Gasteiger partial charge in [0.1, 0.15) is 0 Å². The normalized spacial score (nSPS) is 16.3. The lowest BCUT2D eigenvalue weighted by Crippen LogP contribution is -2.44. The van der Waals surface area contributed by atoms with Crippen molar-refractivity contribution in [2.75, 3.05) is 51.3 Å². The first kappa shape index (κ1) is 27.3. The summed E-state index contributed by atoms with van der Waals surface area (Å²) in [6.45, 7) is 8.17. The highest BCUT2D eigenvalue weighted by atomic mass is 32.2. The highest BCUT2D eigenvalue weighted by Gasteiger charge is 2.13. The van der Waals surface area contributed by atoms with E-state index < -0.39 is 0 Å². The van der Waals surface area contributed by atoms with Crippen molar-refractivity contribution >= 4 is 11.8 Å². The van der Waals surface area contributed by atoms with Crippen LogP contribution in [0, 0.1) is 0 Å². The quantitative estimate of drug-likeness (QED) is 0.211. The Morgan fingerprint density at radius 2 is 1.31 bits per heavy atom. The van der Waals surface area contributed by atoms with Crippen LogP contribution in [0.4, 0.5) is 0 Å². The topological polar surface area (TPSA) is 24.5 Å². The number of thioether (sulfide) groups is 1. The molecule has 1 rings (SSSR count). The highest BCUT2D eigenvalue weighted by Crippen LogP contribution is 2.15. The van der Waals surface area contributed by atoms with Crippen molar-refractivity contribution in [3.05, 3.63) is 0 Å². The molecule has 0 bridgehead atoms. The van der Waals surface area contributed by atoms with Gasteiger partial charge in [-0.1, -0.05) is 90.4 Å². The Kier molecular flexibility index (Phi) is 20.2. The Hall–Kier alpha value is 0.230. The minimum absolute atomic E-state index is 0.432. The molecule has 1 aliphatic rings. The molecule has 0 saturated carbocycles. The summed E-state index contributed by atoms with van der Waals surface area (Å²) >= 11 is 2.10. The Morgan fingerprint density at radius 1 is 0.793 bits per heavy atom. The summed E-state index contributed by atoms with van der Waals surface area (Å²) in [4.78, 5) is 2.57. The summed E-state index contributed by atoms with van der Waals surface area (Å²) < 4.78 is 5.70. The lowest BCUT2D eigenvalue weighted by atomic mass is 10.0. The standard InChI is InChI=1S/C25H52N2OS/c1-3-4-5-6-7-8-9-10-11-12-13-14-15-16-23-29-24-25(28-2)17-20-27-21-18-26-19-22-27/h25-26H,3-24H2,1-2H3. The van der Waals surface area contributed by atoms with Gasteiger partial charge < -0.3 is 15.0 Å². The van der Waals surface area contributed by atoms with E-state index in [1.807, 2.05) is 7.11 Å². The molecule has 1 atom stereocenters. The van der Waals surface area contributed by atoms with E-state index in [9.17, 15) is 0 Å². The summed E-state index contributed by atoms with van der Waals surface area (Å²) in [5, 5.41) is 3.42. The molecule has 1 N–H and O–H groups in total. The molecule has 3 nitrogen and oxygen atoms in total. The molecule has 1 heterocycles. The molecule has 0 aliphatic carbocycles. The molecule has 0 aromatic heterocycles. The number of piperazine rings is 1.